The zero-order valence-electron chi connectivity index (χ0n) is 9.24. The number of hydrogen-bond donors (Lipinski definition) is 2. The van der Waals surface area contributed by atoms with E-state index in [4.69, 9.17) is 0 Å². The topological polar surface area (TPSA) is 32.3 Å². The number of aromatic hydroxyl groups is 1. The molecule has 1 aliphatic carbocycles. The van der Waals surface area contributed by atoms with Gasteiger partial charge in [0.2, 0.25) is 0 Å². The molecule has 2 rings (SSSR count). The van der Waals surface area contributed by atoms with Crippen molar-refractivity contribution < 1.29 is 5.11 Å². The van der Waals surface area contributed by atoms with Crippen LogP contribution in [-0.4, -0.2) is 18.2 Å². The first-order valence-electron chi connectivity index (χ1n) is 5.76. The van der Waals surface area contributed by atoms with E-state index in [1.54, 1.807) is 12.1 Å². The first-order chi connectivity index (χ1) is 7.29. The Labute approximate surface area is 91.3 Å². The van der Waals surface area contributed by atoms with E-state index >= 15 is 0 Å². The minimum atomic E-state index is 0.364. The average molecular weight is 205 g/mol. The van der Waals surface area contributed by atoms with Gasteiger partial charge < -0.3 is 10.4 Å². The monoisotopic (exact) mass is 205 g/mol. The second-order valence-corrected chi connectivity index (χ2v) is 4.43. The molecule has 2 nitrogen and oxygen atoms in total. The van der Waals surface area contributed by atoms with Gasteiger partial charge in [-0.3, -0.25) is 0 Å². The van der Waals surface area contributed by atoms with E-state index in [1.165, 1.54) is 31.2 Å². The molecule has 0 saturated heterocycles. The first-order valence-corrected chi connectivity index (χ1v) is 5.76. The van der Waals surface area contributed by atoms with Crippen LogP contribution in [0.25, 0.3) is 0 Å². The summed E-state index contributed by atoms with van der Waals surface area (Å²) in [5.41, 5.74) is 1.38. The van der Waals surface area contributed by atoms with Gasteiger partial charge in [-0.05, 0) is 56.3 Å². The smallest absolute Gasteiger partial charge is 0.115 e. The van der Waals surface area contributed by atoms with Gasteiger partial charge in [0.15, 0.2) is 0 Å². The molecule has 0 radical (unpaired) electrons. The fourth-order valence-electron chi connectivity index (χ4n) is 2.46. The van der Waals surface area contributed by atoms with Gasteiger partial charge in [-0.15, -0.1) is 0 Å². The van der Waals surface area contributed by atoms with Crippen LogP contribution in [0.3, 0.4) is 0 Å². The SMILES string of the molecule is CNC1CCC(c2ccc(O)cc2)CC1. The Morgan fingerprint density at radius 3 is 2.20 bits per heavy atom. The third kappa shape index (κ3) is 2.51. The van der Waals surface area contributed by atoms with Crippen molar-refractivity contribution in [3.05, 3.63) is 29.8 Å². The summed E-state index contributed by atoms with van der Waals surface area (Å²) in [6, 6.07) is 8.40. The molecule has 0 atom stereocenters. The lowest BCUT2D eigenvalue weighted by Crippen LogP contribution is -2.29. The fraction of sp³-hybridized carbons (Fsp3) is 0.538. The highest BCUT2D eigenvalue weighted by molar-refractivity contribution is 5.28. The lowest BCUT2D eigenvalue weighted by atomic mass is 9.82. The molecule has 0 aromatic heterocycles. The quantitative estimate of drug-likeness (QED) is 0.778. The molecule has 1 aromatic carbocycles. The van der Waals surface area contributed by atoms with Crippen molar-refractivity contribution in [1.29, 1.82) is 0 Å². The number of benzene rings is 1. The number of hydrogen-bond acceptors (Lipinski definition) is 2. The van der Waals surface area contributed by atoms with Crippen molar-refractivity contribution in [1.82, 2.24) is 5.32 Å². The molecule has 1 aliphatic rings. The van der Waals surface area contributed by atoms with Crippen molar-refractivity contribution in [3.8, 4) is 5.75 Å². The average Bonchev–Trinajstić information content (AvgIpc) is 2.30. The van der Waals surface area contributed by atoms with Crippen LogP contribution >= 0.6 is 0 Å². The molecule has 0 spiro atoms. The lowest BCUT2D eigenvalue weighted by Gasteiger charge is -2.28. The molecule has 0 unspecified atom stereocenters. The van der Waals surface area contributed by atoms with Crippen LogP contribution in [0, 0.1) is 0 Å². The van der Waals surface area contributed by atoms with Gasteiger partial charge in [-0.1, -0.05) is 12.1 Å². The molecule has 2 N–H and O–H groups in total. The maximum Gasteiger partial charge on any atom is 0.115 e. The molecule has 1 aromatic rings. The first kappa shape index (κ1) is 10.5. The van der Waals surface area contributed by atoms with Gasteiger partial charge in [0.1, 0.15) is 5.75 Å². The summed E-state index contributed by atoms with van der Waals surface area (Å²) >= 11 is 0. The van der Waals surface area contributed by atoms with E-state index in [1.807, 2.05) is 7.05 Å². The van der Waals surface area contributed by atoms with Gasteiger partial charge in [-0.2, -0.15) is 0 Å². The van der Waals surface area contributed by atoms with Crippen molar-refractivity contribution >= 4 is 0 Å². The van der Waals surface area contributed by atoms with E-state index < -0.39 is 0 Å². The Kier molecular flexibility index (Phi) is 3.27. The predicted octanol–water partition coefficient (Wildman–Crippen LogP) is 2.64. The zero-order chi connectivity index (χ0) is 10.7. The van der Waals surface area contributed by atoms with Crippen LogP contribution in [-0.2, 0) is 0 Å². The second-order valence-electron chi connectivity index (χ2n) is 4.43. The second kappa shape index (κ2) is 4.67. The summed E-state index contributed by atoms with van der Waals surface area (Å²) in [7, 11) is 2.05. The summed E-state index contributed by atoms with van der Waals surface area (Å²) in [5.74, 6) is 1.05. The van der Waals surface area contributed by atoms with Crippen molar-refractivity contribution in [3.63, 3.8) is 0 Å². The minimum Gasteiger partial charge on any atom is -0.508 e. The van der Waals surface area contributed by atoms with Crippen LogP contribution in [0.5, 0.6) is 5.75 Å². The van der Waals surface area contributed by atoms with E-state index in [2.05, 4.69) is 17.4 Å². The number of nitrogens with one attached hydrogen (secondary N) is 1. The van der Waals surface area contributed by atoms with Crippen LogP contribution in [0.4, 0.5) is 0 Å². The summed E-state index contributed by atoms with van der Waals surface area (Å²) in [6.45, 7) is 0. The van der Waals surface area contributed by atoms with E-state index in [0.717, 1.165) is 0 Å². The van der Waals surface area contributed by atoms with E-state index in [9.17, 15) is 5.11 Å². The highest BCUT2D eigenvalue weighted by atomic mass is 16.3. The summed E-state index contributed by atoms with van der Waals surface area (Å²) in [4.78, 5) is 0. The molecule has 15 heavy (non-hydrogen) atoms. The number of phenolic OH excluding ortho intramolecular Hbond substituents is 1. The van der Waals surface area contributed by atoms with Gasteiger partial charge in [-0.25, -0.2) is 0 Å². The van der Waals surface area contributed by atoms with Gasteiger partial charge in [0.05, 0.1) is 0 Å². The Morgan fingerprint density at radius 2 is 1.67 bits per heavy atom. The highest BCUT2D eigenvalue weighted by Gasteiger charge is 2.20. The molecule has 2 heteroatoms. The zero-order valence-corrected chi connectivity index (χ0v) is 9.24. The normalized spacial score (nSPS) is 26.5. The van der Waals surface area contributed by atoms with Crippen LogP contribution in [0.2, 0.25) is 0 Å². The molecule has 82 valence electrons. The molecule has 0 aliphatic heterocycles. The maximum absolute atomic E-state index is 9.23. The van der Waals surface area contributed by atoms with Crippen molar-refractivity contribution in [2.45, 2.75) is 37.6 Å². The summed E-state index contributed by atoms with van der Waals surface area (Å²) < 4.78 is 0. The standard InChI is InChI=1S/C13H19NO/c1-14-12-6-2-10(3-7-12)11-4-8-13(15)9-5-11/h4-5,8-10,12,14-15H,2-3,6-7H2,1H3. The largest absolute Gasteiger partial charge is 0.508 e. The van der Waals surface area contributed by atoms with Crippen LogP contribution < -0.4 is 5.32 Å². The summed E-state index contributed by atoms with van der Waals surface area (Å²) in [5, 5.41) is 12.6. The van der Waals surface area contributed by atoms with Crippen molar-refractivity contribution in [2.75, 3.05) is 7.05 Å². The minimum absolute atomic E-state index is 0.364. The fourth-order valence-corrected chi connectivity index (χ4v) is 2.46. The van der Waals surface area contributed by atoms with Gasteiger partial charge >= 0.3 is 0 Å². The molecule has 0 bridgehead atoms. The van der Waals surface area contributed by atoms with E-state index in [-0.39, 0.29) is 0 Å². The molecular weight excluding hydrogens is 186 g/mol. The van der Waals surface area contributed by atoms with Crippen LogP contribution in [0.15, 0.2) is 24.3 Å². The molecule has 1 saturated carbocycles. The third-order valence-corrected chi connectivity index (χ3v) is 3.50. The summed E-state index contributed by atoms with van der Waals surface area (Å²) in [6.07, 6.45) is 5.05. The highest BCUT2D eigenvalue weighted by Crippen LogP contribution is 2.33. The molecule has 0 amide bonds. The van der Waals surface area contributed by atoms with Crippen molar-refractivity contribution in [2.24, 2.45) is 0 Å². The van der Waals surface area contributed by atoms with Gasteiger partial charge in [0, 0.05) is 6.04 Å². The molecular formula is C13H19NO. The Hall–Kier alpha value is -1.02. The third-order valence-electron chi connectivity index (χ3n) is 3.50. The molecule has 0 heterocycles. The lowest BCUT2D eigenvalue weighted by molar-refractivity contribution is 0.358. The Morgan fingerprint density at radius 1 is 1.07 bits per heavy atom. The van der Waals surface area contributed by atoms with Crippen LogP contribution in [0.1, 0.15) is 37.2 Å². The Balaban J connectivity index is 1.98. The number of rotatable bonds is 2. The van der Waals surface area contributed by atoms with E-state index in [0.29, 0.717) is 17.7 Å². The maximum atomic E-state index is 9.23. The molecule has 1 fully saturated rings. The van der Waals surface area contributed by atoms with Gasteiger partial charge in [0.25, 0.3) is 0 Å². The Bertz CT molecular complexity index is 299. The number of phenols is 1. The predicted molar refractivity (Wildman–Crippen MR) is 62.2 cm³/mol.